The number of likely N-dealkylation sites (N-methyl/N-ethyl adjacent to an activating group) is 1. The van der Waals surface area contributed by atoms with Crippen molar-refractivity contribution in [2.45, 2.75) is 424 Å². The molecule has 0 aliphatic rings. The summed E-state index contributed by atoms with van der Waals surface area (Å²) < 4.78 is 23.1. The van der Waals surface area contributed by atoms with Crippen LogP contribution in [0.15, 0.2) is 72.9 Å². The highest BCUT2D eigenvalue weighted by Gasteiger charge is 2.25. The fourth-order valence-corrected chi connectivity index (χ4v) is 12.6. The van der Waals surface area contributed by atoms with E-state index in [1.807, 2.05) is 21.1 Å². The number of aliphatic carboxylic acids is 1. The van der Waals surface area contributed by atoms with Crippen LogP contribution in [0.1, 0.15) is 412 Å². The van der Waals surface area contributed by atoms with Crippen LogP contribution in [0, 0.1) is 0 Å². The van der Waals surface area contributed by atoms with Gasteiger partial charge in [-0.3, -0.25) is 9.59 Å². The standard InChI is InChI=1S/C88H161NO8/c1-6-8-10-12-14-16-18-20-22-24-26-28-30-32-34-36-38-40-41-42-43-44-45-47-49-51-53-55-57-59-61-63-65-67-69-71-73-75-77-79-86(91)97-84(83-96-88(87(92)93)94-81-80-89(3,4)5)82-95-85(90)78-76-74-72-70-68-66-64-62-60-58-56-54-52-50-48-46-39-37-35-33-31-29-27-25-23-21-19-17-15-13-11-9-7-2/h8,10,14,16,20,22,26,28,32,34,38,40,84,88H,6-7,9,11-13,15,17-19,21,23-25,27,29-31,33,35-37,39,41-83H2,1-5H3/p+1/b10-8-,16-14-,22-20-,28-26-,34-32-,40-38-. The summed E-state index contributed by atoms with van der Waals surface area (Å²) in [5, 5.41) is 9.78. The minimum atomic E-state index is -1.51. The molecule has 0 aliphatic carbocycles. The van der Waals surface area contributed by atoms with Gasteiger partial charge in [-0.2, -0.15) is 0 Å². The molecule has 0 spiro atoms. The summed E-state index contributed by atoms with van der Waals surface area (Å²) in [7, 11) is 6.00. The van der Waals surface area contributed by atoms with Crippen molar-refractivity contribution in [3.8, 4) is 0 Å². The fourth-order valence-electron chi connectivity index (χ4n) is 12.6. The number of nitrogens with zero attached hydrogens (tertiary/aromatic N) is 1. The van der Waals surface area contributed by atoms with Crippen LogP contribution in [-0.2, 0) is 33.3 Å². The number of unbranched alkanes of at least 4 members (excludes halogenated alkanes) is 52. The second-order valence-corrected chi connectivity index (χ2v) is 29.8. The third-order valence-electron chi connectivity index (χ3n) is 19.0. The van der Waals surface area contributed by atoms with Crippen LogP contribution >= 0.6 is 0 Å². The quantitative estimate of drug-likeness (QED) is 0.0211. The summed E-state index contributed by atoms with van der Waals surface area (Å²) in [5.41, 5.74) is 0. The van der Waals surface area contributed by atoms with Crippen molar-refractivity contribution in [3.05, 3.63) is 72.9 Å². The van der Waals surface area contributed by atoms with Crippen molar-refractivity contribution >= 4 is 17.9 Å². The topological polar surface area (TPSA) is 108 Å². The van der Waals surface area contributed by atoms with Crippen molar-refractivity contribution < 1.29 is 42.9 Å². The average molecular weight is 1360 g/mol. The Bertz CT molecular complexity index is 1830. The molecule has 2 unspecified atom stereocenters. The lowest BCUT2D eigenvalue weighted by Crippen LogP contribution is -2.40. The molecule has 0 aliphatic heterocycles. The van der Waals surface area contributed by atoms with Crippen molar-refractivity contribution in [1.82, 2.24) is 0 Å². The molecular formula is C88H162NO8+. The molecule has 0 aromatic rings. The predicted octanol–water partition coefficient (Wildman–Crippen LogP) is 27.2. The number of rotatable bonds is 79. The first-order chi connectivity index (χ1) is 47.6. The Morgan fingerprint density at radius 1 is 0.320 bits per heavy atom. The largest absolute Gasteiger partial charge is 0.477 e. The molecule has 0 radical (unpaired) electrons. The van der Waals surface area contributed by atoms with E-state index in [0.29, 0.717) is 17.4 Å². The highest BCUT2D eigenvalue weighted by atomic mass is 16.7. The molecule has 0 aromatic carbocycles. The lowest BCUT2D eigenvalue weighted by Gasteiger charge is -2.25. The molecule has 0 fully saturated rings. The number of hydrogen-bond acceptors (Lipinski definition) is 7. The maximum absolute atomic E-state index is 13.0. The summed E-state index contributed by atoms with van der Waals surface area (Å²) in [6.45, 7) is 4.84. The van der Waals surface area contributed by atoms with Crippen molar-refractivity contribution in [2.24, 2.45) is 0 Å². The third kappa shape index (κ3) is 79.9. The molecule has 0 bridgehead atoms. The lowest BCUT2D eigenvalue weighted by molar-refractivity contribution is -0.870. The van der Waals surface area contributed by atoms with Gasteiger partial charge < -0.3 is 28.5 Å². The molecule has 9 heteroatoms. The van der Waals surface area contributed by atoms with Crippen LogP contribution in [0.4, 0.5) is 0 Å². The van der Waals surface area contributed by atoms with Crippen molar-refractivity contribution in [1.29, 1.82) is 0 Å². The van der Waals surface area contributed by atoms with Gasteiger partial charge in [-0.05, 0) is 64.2 Å². The molecule has 566 valence electrons. The number of carboxylic acids is 1. The zero-order valence-corrected chi connectivity index (χ0v) is 65.0. The average Bonchev–Trinajstić information content (AvgIpc) is 2.39. The highest BCUT2D eigenvalue weighted by molar-refractivity contribution is 5.71. The minimum Gasteiger partial charge on any atom is -0.477 e. The number of carbonyl (C=O) groups is 3. The number of allylic oxidation sites excluding steroid dienone is 12. The summed E-state index contributed by atoms with van der Waals surface area (Å²) in [4.78, 5) is 37.8. The Morgan fingerprint density at radius 3 is 0.876 bits per heavy atom. The Balaban J connectivity index is 3.95. The molecular weight excluding hydrogens is 1200 g/mol. The molecule has 97 heavy (non-hydrogen) atoms. The second-order valence-electron chi connectivity index (χ2n) is 29.8. The molecule has 0 rings (SSSR count). The number of ether oxygens (including phenoxy) is 4. The third-order valence-corrected chi connectivity index (χ3v) is 19.0. The van der Waals surface area contributed by atoms with Crippen molar-refractivity contribution in [3.63, 3.8) is 0 Å². The lowest BCUT2D eigenvalue weighted by atomic mass is 10.0. The van der Waals surface area contributed by atoms with E-state index in [2.05, 4.69) is 86.8 Å². The van der Waals surface area contributed by atoms with Crippen molar-refractivity contribution in [2.75, 3.05) is 47.5 Å². The van der Waals surface area contributed by atoms with E-state index in [4.69, 9.17) is 18.9 Å². The molecule has 9 nitrogen and oxygen atoms in total. The first kappa shape index (κ1) is 93.7. The number of carbonyl (C=O) groups excluding carboxylic acids is 2. The zero-order valence-electron chi connectivity index (χ0n) is 65.0. The Hall–Kier alpha value is -3.27. The van der Waals surface area contributed by atoms with E-state index in [9.17, 15) is 19.5 Å². The molecule has 2 atom stereocenters. The monoisotopic (exact) mass is 1360 g/mol. The maximum atomic E-state index is 13.0. The van der Waals surface area contributed by atoms with Gasteiger partial charge in [0.1, 0.15) is 13.2 Å². The highest BCUT2D eigenvalue weighted by Crippen LogP contribution is 2.20. The van der Waals surface area contributed by atoms with Crippen LogP contribution in [0.2, 0.25) is 0 Å². The Kier molecular flexibility index (Phi) is 75.8. The fraction of sp³-hybridized carbons (Fsp3) is 0.830. The van der Waals surface area contributed by atoms with Gasteiger partial charge in [0.25, 0.3) is 6.29 Å². The number of carboxylic acid groups (broad SMARTS) is 1. The number of hydrogen-bond donors (Lipinski definition) is 1. The molecule has 0 amide bonds. The van der Waals surface area contributed by atoms with E-state index in [-0.39, 0.29) is 38.2 Å². The molecule has 0 aromatic heterocycles. The molecule has 0 saturated carbocycles. The zero-order chi connectivity index (χ0) is 70.4. The normalized spacial score (nSPS) is 13.0. The SMILES string of the molecule is CC/C=C\C/C=C\C/C=C\C/C=C\C/C=C\C/C=C\CCCCCCCCCCCCCCCCCCCCCCC(=O)OC(COC(=O)CCCCCCCCCCCCCCCCCCCCCCCCCCCCCCCCCCC)COC(OCC[N+](C)(C)C)C(=O)O. The molecule has 1 N–H and O–H groups in total. The molecule has 0 saturated heterocycles. The Labute approximate surface area is 602 Å². The van der Waals surface area contributed by atoms with Crippen LogP contribution in [0.5, 0.6) is 0 Å². The van der Waals surface area contributed by atoms with Gasteiger partial charge in [-0.1, -0.05) is 408 Å². The van der Waals surface area contributed by atoms with Crippen LogP contribution < -0.4 is 0 Å². The minimum absolute atomic E-state index is 0.177. The van der Waals surface area contributed by atoms with Gasteiger partial charge in [-0.25, -0.2) is 4.79 Å². The van der Waals surface area contributed by atoms with Gasteiger partial charge >= 0.3 is 17.9 Å². The molecule has 0 heterocycles. The Morgan fingerprint density at radius 2 is 0.588 bits per heavy atom. The smallest absolute Gasteiger partial charge is 0.361 e. The van der Waals surface area contributed by atoms with Crippen LogP contribution in [0.25, 0.3) is 0 Å². The van der Waals surface area contributed by atoms with E-state index in [1.54, 1.807) is 0 Å². The van der Waals surface area contributed by atoms with E-state index in [1.165, 1.54) is 308 Å². The summed E-state index contributed by atoms with van der Waals surface area (Å²) in [5.74, 6) is -1.97. The first-order valence-corrected chi connectivity index (χ1v) is 42.1. The summed E-state index contributed by atoms with van der Waals surface area (Å²) >= 11 is 0. The van der Waals surface area contributed by atoms with Gasteiger partial charge in [0.15, 0.2) is 6.10 Å². The van der Waals surface area contributed by atoms with Gasteiger partial charge in [0.2, 0.25) is 0 Å². The first-order valence-electron chi connectivity index (χ1n) is 42.1. The van der Waals surface area contributed by atoms with E-state index in [0.717, 1.165) is 77.0 Å². The maximum Gasteiger partial charge on any atom is 0.361 e. The summed E-state index contributed by atoms with van der Waals surface area (Å²) in [6, 6.07) is 0. The second kappa shape index (κ2) is 78.4. The predicted molar refractivity (Wildman–Crippen MR) is 420 cm³/mol. The summed E-state index contributed by atoms with van der Waals surface area (Å²) in [6.07, 6.45) is 104. The number of esters is 2. The number of quaternary nitrogens is 1. The van der Waals surface area contributed by atoms with Gasteiger partial charge in [0.05, 0.1) is 34.4 Å². The van der Waals surface area contributed by atoms with Crippen LogP contribution in [-0.4, -0.2) is 87.4 Å². The van der Waals surface area contributed by atoms with E-state index < -0.39 is 18.4 Å². The van der Waals surface area contributed by atoms with Gasteiger partial charge in [0, 0.05) is 12.8 Å². The van der Waals surface area contributed by atoms with Gasteiger partial charge in [-0.15, -0.1) is 0 Å². The van der Waals surface area contributed by atoms with E-state index >= 15 is 0 Å². The van der Waals surface area contributed by atoms with Crippen LogP contribution in [0.3, 0.4) is 0 Å².